The van der Waals surface area contributed by atoms with E-state index < -0.39 is 6.10 Å². The predicted octanol–water partition coefficient (Wildman–Crippen LogP) is 15.2. The Morgan fingerprint density at radius 3 is 1.28 bits per heavy atom. The zero-order valence-corrected chi connectivity index (χ0v) is 35.5. The summed E-state index contributed by atoms with van der Waals surface area (Å²) in [6, 6.07) is 0. The van der Waals surface area contributed by atoms with Gasteiger partial charge in [-0.05, 0) is 89.9 Å². The molecule has 0 aliphatic carbocycles. The molecule has 0 aliphatic heterocycles. The van der Waals surface area contributed by atoms with E-state index in [2.05, 4.69) is 98.9 Å². The number of esters is 1. The van der Waals surface area contributed by atoms with E-state index in [1.807, 2.05) is 0 Å². The van der Waals surface area contributed by atoms with Crippen molar-refractivity contribution >= 4 is 5.97 Å². The van der Waals surface area contributed by atoms with Crippen molar-refractivity contribution in [1.82, 2.24) is 0 Å². The second-order valence-electron chi connectivity index (χ2n) is 14.7. The van der Waals surface area contributed by atoms with Crippen LogP contribution in [0.4, 0.5) is 0 Å². The number of rotatable bonds is 41. The third kappa shape index (κ3) is 44.0. The minimum Gasteiger partial charge on any atom is -0.457 e. The first-order valence-corrected chi connectivity index (χ1v) is 22.7. The molecule has 0 saturated carbocycles. The SMILES string of the molecule is CC/C=C\C/C=C\C/C=C\C/C=C\C/C=C\C/C=C\CCCCCCC(=O)OC(CO)COCCCCCCCCCC/C=C\CCCCCCCCC. The number of unbranched alkanes of at least 4 members (excludes halogenated alkanes) is 19. The van der Waals surface area contributed by atoms with Crippen LogP contribution in [0, 0.1) is 0 Å². The van der Waals surface area contributed by atoms with Gasteiger partial charge in [0.1, 0.15) is 6.10 Å². The molecule has 0 aromatic heterocycles. The summed E-state index contributed by atoms with van der Waals surface area (Å²) in [6.07, 6.45) is 65.0. The van der Waals surface area contributed by atoms with Gasteiger partial charge in [-0.15, -0.1) is 0 Å². The third-order valence-corrected chi connectivity index (χ3v) is 9.45. The molecule has 1 atom stereocenters. The lowest BCUT2D eigenvalue weighted by Gasteiger charge is -2.15. The Hall–Kier alpha value is -2.43. The number of carbonyl (C=O) groups excluding carboxylic acids is 1. The molecule has 4 heteroatoms. The lowest BCUT2D eigenvalue weighted by molar-refractivity contribution is -0.154. The topological polar surface area (TPSA) is 55.8 Å². The highest BCUT2D eigenvalue weighted by Gasteiger charge is 2.13. The molecule has 0 amide bonds. The molecule has 1 unspecified atom stereocenters. The van der Waals surface area contributed by atoms with Gasteiger partial charge in [0, 0.05) is 13.0 Å². The van der Waals surface area contributed by atoms with Gasteiger partial charge in [-0.25, -0.2) is 0 Å². The molecule has 0 aromatic carbocycles. The van der Waals surface area contributed by atoms with Crippen LogP contribution in [0.5, 0.6) is 0 Å². The van der Waals surface area contributed by atoms with Crippen LogP contribution in [0.3, 0.4) is 0 Å². The molecule has 0 fully saturated rings. The normalized spacial score (nSPS) is 13.2. The number of carbonyl (C=O) groups is 1. The van der Waals surface area contributed by atoms with E-state index in [1.54, 1.807) is 0 Å². The summed E-state index contributed by atoms with van der Waals surface area (Å²) in [4.78, 5) is 12.2. The van der Waals surface area contributed by atoms with Crippen LogP contribution < -0.4 is 0 Å². The van der Waals surface area contributed by atoms with Gasteiger partial charge in [0.15, 0.2) is 0 Å². The molecule has 0 saturated heterocycles. The van der Waals surface area contributed by atoms with Crippen LogP contribution >= 0.6 is 0 Å². The fraction of sp³-hybridized carbons (Fsp3) is 0.700. The maximum absolute atomic E-state index is 12.2. The molecule has 0 rings (SSSR count). The summed E-state index contributed by atoms with van der Waals surface area (Å²) < 4.78 is 11.2. The Morgan fingerprint density at radius 2 is 0.833 bits per heavy atom. The average Bonchev–Trinajstić information content (AvgIpc) is 3.18. The van der Waals surface area contributed by atoms with Crippen LogP contribution in [0.2, 0.25) is 0 Å². The summed E-state index contributed by atoms with van der Waals surface area (Å²) in [6.45, 7) is 5.20. The number of aliphatic hydroxyl groups is 1. The van der Waals surface area contributed by atoms with E-state index in [0.29, 0.717) is 13.0 Å². The quantitative estimate of drug-likeness (QED) is 0.0384. The Bertz CT molecular complexity index is 969. The van der Waals surface area contributed by atoms with E-state index in [4.69, 9.17) is 9.47 Å². The lowest BCUT2D eigenvalue weighted by Crippen LogP contribution is -2.27. The van der Waals surface area contributed by atoms with E-state index in [9.17, 15) is 9.90 Å². The highest BCUT2D eigenvalue weighted by atomic mass is 16.6. The fourth-order valence-electron chi connectivity index (χ4n) is 6.09. The summed E-state index contributed by atoms with van der Waals surface area (Å²) in [5.74, 6) is -0.228. The van der Waals surface area contributed by atoms with Gasteiger partial charge >= 0.3 is 5.97 Å². The zero-order valence-electron chi connectivity index (χ0n) is 35.5. The van der Waals surface area contributed by atoms with Crippen LogP contribution in [0.25, 0.3) is 0 Å². The fourth-order valence-corrected chi connectivity index (χ4v) is 6.09. The maximum Gasteiger partial charge on any atom is 0.306 e. The molecule has 310 valence electrons. The molecule has 0 radical (unpaired) electrons. The molecular formula is C50H86O4. The van der Waals surface area contributed by atoms with Crippen molar-refractivity contribution in [2.24, 2.45) is 0 Å². The number of aliphatic hydroxyl groups excluding tert-OH is 1. The minimum atomic E-state index is -0.555. The van der Waals surface area contributed by atoms with Crippen molar-refractivity contribution in [3.63, 3.8) is 0 Å². The molecule has 0 bridgehead atoms. The van der Waals surface area contributed by atoms with Crippen LogP contribution in [0.1, 0.15) is 200 Å². The highest BCUT2D eigenvalue weighted by Crippen LogP contribution is 2.12. The van der Waals surface area contributed by atoms with Gasteiger partial charge in [-0.2, -0.15) is 0 Å². The summed E-state index contributed by atoms with van der Waals surface area (Å²) >= 11 is 0. The van der Waals surface area contributed by atoms with E-state index in [0.717, 1.165) is 77.0 Å². The van der Waals surface area contributed by atoms with Crippen molar-refractivity contribution in [3.8, 4) is 0 Å². The maximum atomic E-state index is 12.2. The summed E-state index contributed by atoms with van der Waals surface area (Å²) in [5.41, 5.74) is 0. The molecule has 4 nitrogen and oxygen atoms in total. The van der Waals surface area contributed by atoms with Crippen LogP contribution in [-0.4, -0.2) is 37.0 Å². The van der Waals surface area contributed by atoms with Crippen LogP contribution in [-0.2, 0) is 14.3 Å². The van der Waals surface area contributed by atoms with Gasteiger partial charge in [0.25, 0.3) is 0 Å². The highest BCUT2D eigenvalue weighted by molar-refractivity contribution is 5.69. The average molecular weight is 751 g/mol. The predicted molar refractivity (Wildman–Crippen MR) is 237 cm³/mol. The second kappa shape index (κ2) is 46.7. The Labute approximate surface area is 335 Å². The minimum absolute atomic E-state index is 0.188. The lowest BCUT2D eigenvalue weighted by atomic mass is 10.1. The van der Waals surface area contributed by atoms with Gasteiger partial charge < -0.3 is 14.6 Å². The van der Waals surface area contributed by atoms with E-state index in [1.165, 1.54) is 103 Å². The molecule has 0 spiro atoms. The molecule has 0 heterocycles. The second-order valence-corrected chi connectivity index (χ2v) is 14.7. The van der Waals surface area contributed by atoms with Crippen LogP contribution in [0.15, 0.2) is 85.1 Å². The largest absolute Gasteiger partial charge is 0.457 e. The van der Waals surface area contributed by atoms with Gasteiger partial charge in [-0.3, -0.25) is 4.79 Å². The van der Waals surface area contributed by atoms with Gasteiger partial charge in [0.2, 0.25) is 0 Å². The van der Waals surface area contributed by atoms with Gasteiger partial charge in [0.05, 0.1) is 13.2 Å². The number of allylic oxidation sites excluding steroid dienone is 14. The first-order valence-electron chi connectivity index (χ1n) is 22.7. The molecule has 54 heavy (non-hydrogen) atoms. The molecule has 0 aromatic rings. The van der Waals surface area contributed by atoms with Gasteiger partial charge in [-0.1, -0.05) is 189 Å². The summed E-state index contributed by atoms with van der Waals surface area (Å²) in [5, 5.41) is 9.62. The zero-order chi connectivity index (χ0) is 39.1. The number of ether oxygens (including phenoxy) is 2. The van der Waals surface area contributed by atoms with Crippen molar-refractivity contribution in [2.75, 3.05) is 19.8 Å². The Morgan fingerprint density at radius 1 is 0.463 bits per heavy atom. The molecular weight excluding hydrogens is 665 g/mol. The number of hydrogen-bond acceptors (Lipinski definition) is 4. The first-order chi connectivity index (χ1) is 26.7. The van der Waals surface area contributed by atoms with E-state index in [-0.39, 0.29) is 19.2 Å². The first kappa shape index (κ1) is 51.6. The Kier molecular flexibility index (Phi) is 44.6. The van der Waals surface area contributed by atoms with Crippen molar-refractivity contribution < 1.29 is 19.4 Å². The van der Waals surface area contributed by atoms with E-state index >= 15 is 0 Å². The molecule has 1 N–H and O–H groups in total. The number of hydrogen-bond donors (Lipinski definition) is 1. The monoisotopic (exact) mass is 751 g/mol. The van der Waals surface area contributed by atoms with Crippen molar-refractivity contribution in [3.05, 3.63) is 85.1 Å². The van der Waals surface area contributed by atoms with Crippen molar-refractivity contribution in [2.45, 2.75) is 206 Å². The summed E-state index contributed by atoms with van der Waals surface area (Å²) in [7, 11) is 0. The Balaban J connectivity index is 3.53. The van der Waals surface area contributed by atoms with Crippen molar-refractivity contribution in [1.29, 1.82) is 0 Å². The third-order valence-electron chi connectivity index (χ3n) is 9.45. The molecule has 0 aliphatic rings. The smallest absolute Gasteiger partial charge is 0.306 e. The standard InChI is InChI=1S/C50H86O4/c1-3-5-7-9-11-13-15-17-19-21-23-24-25-26-27-29-31-33-35-37-39-41-43-45-50(52)54-49(47-51)48-53-46-44-42-40-38-36-34-32-30-28-22-20-18-16-14-12-10-8-6-4-2/h5,7,11,13,17,19-20,22-24,26-27,31,33,49,51H,3-4,6,8-10,12,14-16,18,21,25,28-30,32,34-48H2,1-2H3/b7-5-,13-11-,19-17-,22-20-,24-23-,27-26-,33-31-.